The first-order valence-corrected chi connectivity index (χ1v) is 5.77. The van der Waals surface area contributed by atoms with Gasteiger partial charge >= 0.3 is 6.18 Å². The maximum atomic E-state index is 13.2. The van der Waals surface area contributed by atoms with Crippen LogP contribution in [0.3, 0.4) is 0 Å². The molecule has 1 aromatic rings. The lowest BCUT2D eigenvalue weighted by atomic mass is 9.81. The van der Waals surface area contributed by atoms with Gasteiger partial charge in [0.05, 0.1) is 17.0 Å². The van der Waals surface area contributed by atoms with E-state index in [4.69, 9.17) is 11.5 Å². The molecular weight excluding hydrogens is 257 g/mol. The predicted molar refractivity (Wildman–Crippen MR) is 67.8 cm³/mol. The maximum absolute atomic E-state index is 13.2. The van der Waals surface area contributed by atoms with E-state index in [1.807, 2.05) is 0 Å². The third kappa shape index (κ3) is 3.28. The quantitative estimate of drug-likeness (QED) is 0.868. The Morgan fingerprint density at radius 2 is 1.84 bits per heavy atom. The Hall–Kier alpha value is -1.50. The Kier molecular flexibility index (Phi) is 4.00. The molecule has 7 heteroatoms. The molecule has 0 aliphatic heterocycles. The van der Waals surface area contributed by atoms with Gasteiger partial charge in [0.25, 0.3) is 0 Å². The van der Waals surface area contributed by atoms with Crippen molar-refractivity contribution in [1.82, 2.24) is 9.78 Å². The van der Waals surface area contributed by atoms with Gasteiger partial charge in [-0.3, -0.25) is 4.68 Å². The van der Waals surface area contributed by atoms with Crippen LogP contribution in [0.25, 0.3) is 5.70 Å². The molecule has 4 nitrogen and oxygen atoms in total. The Morgan fingerprint density at radius 1 is 1.32 bits per heavy atom. The number of rotatable bonds is 2. The van der Waals surface area contributed by atoms with E-state index in [1.165, 1.54) is 24.0 Å². The maximum Gasteiger partial charge on any atom is 0.416 e. The lowest BCUT2D eigenvalue weighted by molar-refractivity contribution is -0.0981. The predicted octanol–water partition coefficient (Wildman–Crippen LogP) is 2.03. The third-order valence-electron chi connectivity index (χ3n) is 2.94. The summed E-state index contributed by atoms with van der Waals surface area (Å²) >= 11 is 0. The number of aromatic nitrogens is 2. The number of aryl methyl sites for hydroxylation is 1. The minimum absolute atomic E-state index is 0.201. The van der Waals surface area contributed by atoms with Gasteiger partial charge in [-0.2, -0.15) is 18.3 Å². The Bertz CT molecular complexity index is 480. The van der Waals surface area contributed by atoms with Crippen molar-refractivity contribution >= 4 is 5.70 Å². The zero-order valence-electron chi connectivity index (χ0n) is 11.4. The second-order valence-corrected chi connectivity index (χ2v) is 5.51. The van der Waals surface area contributed by atoms with Crippen LogP contribution in [0.5, 0.6) is 0 Å². The van der Waals surface area contributed by atoms with Crippen LogP contribution in [-0.2, 0) is 7.05 Å². The van der Waals surface area contributed by atoms with E-state index < -0.39 is 23.2 Å². The number of nitrogens with two attached hydrogens (primary N) is 2. The summed E-state index contributed by atoms with van der Waals surface area (Å²) in [7, 11) is 1.53. The normalized spacial score (nSPS) is 16.2. The highest BCUT2D eigenvalue weighted by Crippen LogP contribution is 2.37. The van der Waals surface area contributed by atoms with E-state index in [1.54, 1.807) is 20.8 Å². The van der Waals surface area contributed by atoms with Crippen molar-refractivity contribution in [2.24, 2.45) is 23.9 Å². The Labute approximate surface area is 110 Å². The van der Waals surface area contributed by atoms with Crippen molar-refractivity contribution in [2.75, 3.05) is 0 Å². The first-order chi connectivity index (χ1) is 8.46. The lowest BCUT2D eigenvalue weighted by Gasteiger charge is -2.31. The first kappa shape index (κ1) is 15.6. The third-order valence-corrected chi connectivity index (χ3v) is 2.94. The van der Waals surface area contributed by atoms with Crippen LogP contribution >= 0.6 is 0 Å². The van der Waals surface area contributed by atoms with Crippen LogP contribution in [0.1, 0.15) is 26.5 Å². The molecule has 0 saturated heterocycles. The molecule has 1 heterocycles. The molecular formula is C12H19F3N4. The van der Waals surface area contributed by atoms with Crippen LogP contribution in [0.15, 0.2) is 17.8 Å². The van der Waals surface area contributed by atoms with Gasteiger partial charge < -0.3 is 11.5 Å². The second kappa shape index (κ2) is 4.88. The fourth-order valence-corrected chi connectivity index (χ4v) is 1.71. The fourth-order valence-electron chi connectivity index (χ4n) is 1.71. The highest BCUT2D eigenvalue weighted by molar-refractivity contribution is 5.65. The molecule has 0 amide bonds. The van der Waals surface area contributed by atoms with Gasteiger partial charge in [-0.05, 0) is 11.5 Å². The first-order valence-electron chi connectivity index (χ1n) is 5.77. The van der Waals surface area contributed by atoms with E-state index in [0.717, 1.165) is 0 Å². The second-order valence-electron chi connectivity index (χ2n) is 5.51. The summed E-state index contributed by atoms with van der Waals surface area (Å²) in [5.41, 5.74) is 9.59. The van der Waals surface area contributed by atoms with E-state index in [2.05, 4.69) is 5.10 Å². The molecule has 19 heavy (non-hydrogen) atoms. The highest BCUT2D eigenvalue weighted by atomic mass is 19.4. The molecule has 0 fully saturated rings. The molecule has 1 atom stereocenters. The molecule has 0 saturated carbocycles. The van der Waals surface area contributed by atoms with E-state index in [9.17, 15) is 13.2 Å². The lowest BCUT2D eigenvalue weighted by Crippen LogP contribution is -2.43. The van der Waals surface area contributed by atoms with Crippen LogP contribution in [0.2, 0.25) is 0 Å². The minimum Gasteiger partial charge on any atom is -0.397 e. The number of halogens is 3. The van der Waals surface area contributed by atoms with Crippen molar-refractivity contribution in [3.05, 3.63) is 23.5 Å². The summed E-state index contributed by atoms with van der Waals surface area (Å²) in [6.45, 7) is 4.92. The monoisotopic (exact) mass is 276 g/mol. The average Bonchev–Trinajstić information content (AvgIpc) is 2.60. The summed E-state index contributed by atoms with van der Waals surface area (Å²) in [4.78, 5) is 0. The zero-order chi connectivity index (χ0) is 15.0. The molecule has 0 aliphatic carbocycles. The largest absolute Gasteiger partial charge is 0.416 e. The molecule has 4 N–H and O–H groups in total. The standard InChI is InChI=1S/C12H19F3N4/c1-11(2,3)10(17)8(12(13,14)15)9(16)7-5-6-18-19(7)4/h5-6,10H,16-17H2,1-4H3/b9-8+. The van der Waals surface area contributed by atoms with Gasteiger partial charge in [-0.25, -0.2) is 0 Å². The van der Waals surface area contributed by atoms with Gasteiger partial charge in [0.15, 0.2) is 0 Å². The Balaban J connectivity index is 3.45. The molecule has 108 valence electrons. The molecule has 0 aliphatic rings. The van der Waals surface area contributed by atoms with Gasteiger partial charge in [0.2, 0.25) is 0 Å². The zero-order valence-corrected chi connectivity index (χ0v) is 11.4. The van der Waals surface area contributed by atoms with Crippen molar-refractivity contribution < 1.29 is 13.2 Å². The number of hydrogen-bond donors (Lipinski definition) is 2. The number of alkyl halides is 3. The van der Waals surface area contributed by atoms with Crippen molar-refractivity contribution in [3.63, 3.8) is 0 Å². The molecule has 1 aromatic heterocycles. The van der Waals surface area contributed by atoms with Gasteiger partial charge in [-0.1, -0.05) is 20.8 Å². The summed E-state index contributed by atoms with van der Waals surface area (Å²) in [5, 5.41) is 3.82. The van der Waals surface area contributed by atoms with Crippen molar-refractivity contribution in [2.45, 2.75) is 33.0 Å². The van der Waals surface area contributed by atoms with Crippen LogP contribution in [0.4, 0.5) is 13.2 Å². The van der Waals surface area contributed by atoms with Gasteiger partial charge in [0, 0.05) is 19.3 Å². The van der Waals surface area contributed by atoms with Gasteiger partial charge in [0.1, 0.15) is 0 Å². The van der Waals surface area contributed by atoms with E-state index in [-0.39, 0.29) is 11.4 Å². The van der Waals surface area contributed by atoms with Crippen LogP contribution in [0, 0.1) is 5.41 Å². The summed E-state index contributed by atoms with van der Waals surface area (Å²) in [6.07, 6.45) is -3.19. The highest BCUT2D eigenvalue weighted by Gasteiger charge is 2.44. The summed E-state index contributed by atoms with van der Waals surface area (Å²) in [5.74, 6) is 0. The molecule has 0 aromatic carbocycles. The van der Waals surface area contributed by atoms with Crippen LogP contribution < -0.4 is 11.5 Å². The van der Waals surface area contributed by atoms with E-state index in [0.29, 0.717) is 0 Å². The van der Waals surface area contributed by atoms with Crippen LogP contribution in [-0.4, -0.2) is 22.0 Å². The summed E-state index contributed by atoms with van der Waals surface area (Å²) < 4.78 is 41.0. The molecule has 0 spiro atoms. The summed E-state index contributed by atoms with van der Waals surface area (Å²) in [6, 6.07) is 0.207. The topological polar surface area (TPSA) is 69.9 Å². The Morgan fingerprint density at radius 3 is 2.16 bits per heavy atom. The molecule has 1 rings (SSSR count). The molecule has 1 unspecified atom stereocenters. The van der Waals surface area contributed by atoms with Crippen molar-refractivity contribution in [1.29, 1.82) is 0 Å². The number of nitrogens with zero attached hydrogens (tertiary/aromatic N) is 2. The fraction of sp³-hybridized carbons (Fsp3) is 0.583. The SMILES string of the molecule is Cn1nccc1/C(N)=C(/C(N)C(C)(C)C)C(F)(F)F. The average molecular weight is 276 g/mol. The molecule has 0 bridgehead atoms. The van der Waals surface area contributed by atoms with Gasteiger partial charge in [-0.15, -0.1) is 0 Å². The minimum atomic E-state index is -4.58. The molecule has 0 radical (unpaired) electrons. The van der Waals surface area contributed by atoms with E-state index >= 15 is 0 Å². The number of hydrogen-bond acceptors (Lipinski definition) is 3. The van der Waals surface area contributed by atoms with Crippen molar-refractivity contribution in [3.8, 4) is 0 Å². The smallest absolute Gasteiger partial charge is 0.397 e.